The first kappa shape index (κ1) is 21.5. The summed E-state index contributed by atoms with van der Waals surface area (Å²) in [5.41, 5.74) is 3.03. The van der Waals surface area contributed by atoms with Crippen molar-refractivity contribution in [2.75, 3.05) is 6.61 Å². The maximum atomic E-state index is 13.3. The predicted octanol–water partition coefficient (Wildman–Crippen LogP) is 5.37. The average molecular weight is 439 g/mol. The smallest absolute Gasteiger partial charge is 0.267 e. The highest BCUT2D eigenvalue weighted by molar-refractivity contribution is 8.18. The van der Waals surface area contributed by atoms with E-state index in [1.165, 1.54) is 11.8 Å². The van der Waals surface area contributed by atoms with Crippen molar-refractivity contribution in [3.05, 3.63) is 107 Å². The van der Waals surface area contributed by atoms with Crippen molar-refractivity contribution in [2.45, 2.75) is 13.1 Å². The average Bonchev–Trinajstić information content (AvgIpc) is 3.12. The third kappa shape index (κ3) is 5.48. The van der Waals surface area contributed by atoms with E-state index < -0.39 is 0 Å². The maximum Gasteiger partial charge on any atom is 0.267 e. The minimum absolute atomic E-state index is 0.0550. The molecule has 0 N–H and O–H groups in total. The van der Waals surface area contributed by atoms with Crippen LogP contribution in [-0.2, 0) is 17.9 Å². The first-order chi connectivity index (χ1) is 15.7. The van der Waals surface area contributed by atoms with Gasteiger partial charge in [-0.15, -0.1) is 6.42 Å². The molecule has 158 valence electrons. The van der Waals surface area contributed by atoms with Crippen LogP contribution in [0.1, 0.15) is 16.7 Å². The summed E-state index contributed by atoms with van der Waals surface area (Å²) < 4.78 is 5.50. The van der Waals surface area contributed by atoms with Crippen LogP contribution < -0.4 is 4.74 Å². The molecule has 1 amide bonds. The van der Waals surface area contributed by atoms with Gasteiger partial charge in [-0.25, -0.2) is 0 Å². The Bertz CT molecular complexity index is 1180. The molecule has 32 heavy (non-hydrogen) atoms. The van der Waals surface area contributed by atoms with E-state index in [0.717, 1.165) is 16.7 Å². The summed E-state index contributed by atoms with van der Waals surface area (Å²) in [6, 6.07) is 27.5. The zero-order chi connectivity index (χ0) is 22.2. The zero-order valence-corrected chi connectivity index (χ0v) is 18.3. The fraction of sp³-hybridized carbons (Fsp3) is 0.111. The van der Waals surface area contributed by atoms with Gasteiger partial charge in [0, 0.05) is 0 Å². The summed E-state index contributed by atoms with van der Waals surface area (Å²) in [6.07, 6.45) is 7.15. The Balaban J connectivity index is 1.61. The molecule has 0 bridgehead atoms. The highest BCUT2D eigenvalue weighted by Crippen LogP contribution is 2.34. The lowest BCUT2D eigenvalue weighted by Gasteiger charge is -2.15. The van der Waals surface area contributed by atoms with Crippen molar-refractivity contribution in [1.82, 2.24) is 4.90 Å². The summed E-state index contributed by atoms with van der Waals surface area (Å²) in [5, 5.41) is 0.702. The fourth-order valence-electron chi connectivity index (χ4n) is 3.24. The van der Waals surface area contributed by atoms with Crippen molar-refractivity contribution in [2.24, 2.45) is 4.99 Å². The molecule has 0 radical (unpaired) electrons. The predicted molar refractivity (Wildman–Crippen MR) is 131 cm³/mol. The van der Waals surface area contributed by atoms with Gasteiger partial charge in [0.2, 0.25) is 0 Å². The number of terminal acetylenes is 1. The van der Waals surface area contributed by atoms with Crippen LogP contribution in [0, 0.1) is 12.3 Å². The summed E-state index contributed by atoms with van der Waals surface area (Å²) in [7, 11) is 0. The molecule has 1 aliphatic heterocycles. The number of carbonyl (C=O) groups excluding carboxylic acids is 1. The number of benzene rings is 3. The summed E-state index contributed by atoms with van der Waals surface area (Å²) >= 11 is 1.40. The normalized spacial score (nSPS) is 15.8. The molecule has 0 aromatic heterocycles. The molecule has 4 rings (SSSR count). The monoisotopic (exact) mass is 438 g/mol. The topological polar surface area (TPSA) is 41.9 Å². The van der Waals surface area contributed by atoms with Gasteiger partial charge in [-0.1, -0.05) is 78.7 Å². The van der Waals surface area contributed by atoms with Crippen LogP contribution in [0.3, 0.4) is 0 Å². The fourth-order valence-corrected chi connectivity index (χ4v) is 4.22. The van der Waals surface area contributed by atoms with Crippen LogP contribution in [-0.4, -0.2) is 22.6 Å². The van der Waals surface area contributed by atoms with Crippen molar-refractivity contribution in [1.29, 1.82) is 0 Å². The Morgan fingerprint density at radius 2 is 1.69 bits per heavy atom. The first-order valence-electron chi connectivity index (χ1n) is 10.2. The summed E-state index contributed by atoms with van der Waals surface area (Å²) in [4.78, 5) is 20.4. The lowest BCUT2D eigenvalue weighted by atomic mass is 10.2. The summed E-state index contributed by atoms with van der Waals surface area (Å²) in [5.74, 6) is 3.08. The quantitative estimate of drug-likeness (QED) is 0.368. The number of aliphatic imine (C=N–C) groups is 1. The maximum absolute atomic E-state index is 13.3. The minimum atomic E-state index is -0.0550. The molecule has 1 fully saturated rings. The van der Waals surface area contributed by atoms with E-state index in [1.54, 1.807) is 4.90 Å². The molecule has 0 spiro atoms. The van der Waals surface area contributed by atoms with Crippen LogP contribution >= 0.6 is 11.8 Å². The number of nitrogens with zero attached hydrogens (tertiary/aromatic N) is 2. The Morgan fingerprint density at radius 1 is 0.969 bits per heavy atom. The standard InChI is InChI=1S/C27H22N2O2S/c1-2-16-31-24-15-9-14-23(17-24)18-25-26(30)29(20-22-12-7-4-8-13-22)27(32-25)28-19-21-10-5-3-6-11-21/h1,3-15,17-18H,16,19-20H2/b25-18-,28-27?. The van der Waals surface area contributed by atoms with Gasteiger partial charge in [0.1, 0.15) is 12.4 Å². The number of thioether (sulfide) groups is 1. The molecule has 0 aliphatic carbocycles. The molecule has 0 unspecified atom stereocenters. The van der Waals surface area contributed by atoms with Gasteiger partial charge in [0.15, 0.2) is 5.17 Å². The number of ether oxygens (including phenoxy) is 1. The van der Waals surface area contributed by atoms with E-state index in [4.69, 9.17) is 16.2 Å². The number of amides is 1. The molecular weight excluding hydrogens is 416 g/mol. The molecule has 3 aromatic rings. The van der Waals surface area contributed by atoms with Gasteiger partial charge in [-0.3, -0.25) is 14.7 Å². The van der Waals surface area contributed by atoms with Crippen LogP contribution in [0.15, 0.2) is 94.8 Å². The minimum Gasteiger partial charge on any atom is -0.481 e. The molecule has 1 heterocycles. The second-order valence-corrected chi connectivity index (χ2v) is 8.15. The molecule has 4 nitrogen and oxygen atoms in total. The second-order valence-electron chi connectivity index (χ2n) is 7.14. The number of rotatable bonds is 7. The highest BCUT2D eigenvalue weighted by Gasteiger charge is 2.33. The third-order valence-electron chi connectivity index (χ3n) is 4.79. The van der Waals surface area contributed by atoms with Gasteiger partial charge in [0.25, 0.3) is 5.91 Å². The van der Waals surface area contributed by atoms with Crippen LogP contribution in [0.2, 0.25) is 0 Å². The number of amidine groups is 1. The molecule has 1 saturated heterocycles. The van der Waals surface area contributed by atoms with Crippen molar-refractivity contribution >= 4 is 28.9 Å². The van der Waals surface area contributed by atoms with E-state index in [0.29, 0.717) is 28.9 Å². The van der Waals surface area contributed by atoms with E-state index in [-0.39, 0.29) is 12.5 Å². The lowest BCUT2D eigenvalue weighted by Crippen LogP contribution is -2.28. The van der Waals surface area contributed by atoms with E-state index in [1.807, 2.05) is 91.0 Å². The Labute approximate surface area is 192 Å². The molecule has 0 atom stereocenters. The number of carbonyl (C=O) groups is 1. The van der Waals surface area contributed by atoms with Crippen LogP contribution in [0.4, 0.5) is 0 Å². The van der Waals surface area contributed by atoms with Crippen molar-refractivity contribution in [3.63, 3.8) is 0 Å². The van der Waals surface area contributed by atoms with Crippen molar-refractivity contribution < 1.29 is 9.53 Å². The molecule has 1 aliphatic rings. The van der Waals surface area contributed by atoms with Gasteiger partial charge in [-0.2, -0.15) is 0 Å². The van der Waals surface area contributed by atoms with Crippen LogP contribution in [0.5, 0.6) is 5.75 Å². The zero-order valence-electron chi connectivity index (χ0n) is 17.5. The Hall–Kier alpha value is -3.75. The van der Waals surface area contributed by atoms with Gasteiger partial charge < -0.3 is 4.74 Å². The largest absolute Gasteiger partial charge is 0.481 e. The van der Waals surface area contributed by atoms with Crippen LogP contribution in [0.25, 0.3) is 6.08 Å². The second kappa shape index (κ2) is 10.5. The third-order valence-corrected chi connectivity index (χ3v) is 5.83. The van der Waals surface area contributed by atoms with E-state index in [2.05, 4.69) is 5.92 Å². The Kier molecular flexibility index (Phi) is 7.06. The van der Waals surface area contributed by atoms with Crippen molar-refractivity contribution in [3.8, 4) is 18.1 Å². The number of hydrogen-bond acceptors (Lipinski definition) is 4. The molecular formula is C27H22N2O2S. The SMILES string of the molecule is C#CCOc1cccc(/C=C2\SC(=NCc3ccccc3)N(Cc3ccccc3)C2=O)c1. The highest BCUT2D eigenvalue weighted by atomic mass is 32.2. The first-order valence-corrected chi connectivity index (χ1v) is 11.0. The summed E-state index contributed by atoms with van der Waals surface area (Å²) in [6.45, 7) is 1.20. The van der Waals surface area contributed by atoms with E-state index >= 15 is 0 Å². The molecule has 5 heteroatoms. The van der Waals surface area contributed by atoms with Gasteiger partial charge in [0.05, 0.1) is 18.0 Å². The van der Waals surface area contributed by atoms with Gasteiger partial charge >= 0.3 is 0 Å². The number of hydrogen-bond donors (Lipinski definition) is 0. The molecule has 3 aromatic carbocycles. The van der Waals surface area contributed by atoms with E-state index in [9.17, 15) is 4.79 Å². The Morgan fingerprint density at radius 3 is 2.41 bits per heavy atom. The van der Waals surface area contributed by atoms with Gasteiger partial charge in [-0.05, 0) is 46.7 Å². The molecule has 0 saturated carbocycles. The lowest BCUT2D eigenvalue weighted by molar-refractivity contribution is -0.122.